The molecule has 0 spiro atoms. The van der Waals surface area contributed by atoms with Crippen LogP contribution >= 0.6 is 0 Å². The molecular weight excluding hydrogens is 414 g/mol. The summed E-state index contributed by atoms with van der Waals surface area (Å²) in [6.45, 7) is 2.56. The van der Waals surface area contributed by atoms with Crippen molar-refractivity contribution >= 4 is 11.7 Å². The fraction of sp³-hybridized carbons (Fsp3) is 0.320. The Morgan fingerprint density at radius 2 is 1.88 bits per heavy atom. The van der Waals surface area contributed by atoms with E-state index in [1.54, 1.807) is 12.1 Å². The number of ether oxygens (including phenoxy) is 1. The quantitative estimate of drug-likeness (QED) is 0.627. The van der Waals surface area contributed by atoms with E-state index in [1.165, 1.54) is 17.7 Å². The molecule has 0 aliphatic carbocycles. The minimum Gasteiger partial charge on any atom is -0.489 e. The molecule has 1 unspecified atom stereocenters. The molecule has 2 N–H and O–H groups in total. The fourth-order valence-corrected chi connectivity index (χ4v) is 3.99. The third-order valence-corrected chi connectivity index (χ3v) is 5.83. The molecule has 168 valence electrons. The molecule has 2 aliphatic rings. The zero-order chi connectivity index (χ0) is 22.5. The van der Waals surface area contributed by atoms with Crippen LogP contribution in [0.4, 0.5) is 8.78 Å². The third kappa shape index (κ3) is 5.53. The second kappa shape index (κ2) is 9.96. The number of alkyl halides is 2. The van der Waals surface area contributed by atoms with Crippen molar-refractivity contribution in [2.45, 2.75) is 31.9 Å². The van der Waals surface area contributed by atoms with Gasteiger partial charge in [-0.3, -0.25) is 9.69 Å². The largest absolute Gasteiger partial charge is 0.489 e. The summed E-state index contributed by atoms with van der Waals surface area (Å²) in [7, 11) is 0. The number of dihydropyridines is 1. The van der Waals surface area contributed by atoms with Gasteiger partial charge in [-0.2, -0.15) is 0 Å². The molecule has 2 heterocycles. The molecule has 4 rings (SSSR count). The van der Waals surface area contributed by atoms with Crippen LogP contribution in [0, 0.1) is 0 Å². The molecule has 0 bridgehead atoms. The summed E-state index contributed by atoms with van der Waals surface area (Å²) in [6, 6.07) is 14.2. The minimum atomic E-state index is -2.46. The third-order valence-electron chi connectivity index (χ3n) is 5.83. The van der Waals surface area contributed by atoms with E-state index in [-0.39, 0.29) is 18.0 Å². The van der Waals surface area contributed by atoms with Gasteiger partial charge in [0.1, 0.15) is 12.4 Å². The molecule has 0 saturated carbocycles. The maximum absolute atomic E-state index is 12.6. The van der Waals surface area contributed by atoms with Gasteiger partial charge in [0.05, 0.1) is 12.5 Å². The standard InChI is InChI=1S/C25H26F2N2O3/c26-25(27)19-3-1-17(2-4-19)16-32-21-8-5-18(6-9-21)22-10-7-20-15-29(14-12-24(30)31)13-11-23(20)28-22/h1-10,23,25,28H,11-16H2,(H,30,31). The Hall–Kier alpha value is -3.19. The average Bonchev–Trinajstić information content (AvgIpc) is 2.81. The number of rotatable bonds is 8. The van der Waals surface area contributed by atoms with E-state index in [2.05, 4.69) is 22.4 Å². The summed E-state index contributed by atoms with van der Waals surface area (Å²) in [5, 5.41) is 12.5. The Bertz CT molecular complexity index is 1000. The van der Waals surface area contributed by atoms with Crippen LogP contribution in [0.1, 0.15) is 36.0 Å². The van der Waals surface area contributed by atoms with Crippen molar-refractivity contribution < 1.29 is 23.4 Å². The van der Waals surface area contributed by atoms with Crippen LogP contribution in [0.3, 0.4) is 0 Å². The molecule has 0 aromatic heterocycles. The number of hydrogen-bond acceptors (Lipinski definition) is 4. The average molecular weight is 440 g/mol. The first-order valence-electron chi connectivity index (χ1n) is 10.7. The van der Waals surface area contributed by atoms with Crippen molar-refractivity contribution in [1.29, 1.82) is 0 Å². The number of nitrogens with one attached hydrogen (secondary N) is 1. The molecule has 0 radical (unpaired) electrons. The normalized spacial score (nSPS) is 18.4. The van der Waals surface area contributed by atoms with E-state index < -0.39 is 12.4 Å². The van der Waals surface area contributed by atoms with Gasteiger partial charge in [0.15, 0.2) is 0 Å². The molecule has 1 saturated heterocycles. The molecule has 1 fully saturated rings. The Labute approximate surface area is 186 Å². The van der Waals surface area contributed by atoms with Gasteiger partial charge >= 0.3 is 5.97 Å². The van der Waals surface area contributed by atoms with Crippen LogP contribution in [-0.2, 0) is 11.4 Å². The van der Waals surface area contributed by atoms with Gasteiger partial charge in [0, 0.05) is 30.9 Å². The lowest BCUT2D eigenvalue weighted by molar-refractivity contribution is -0.137. The Morgan fingerprint density at radius 1 is 1.12 bits per heavy atom. The van der Waals surface area contributed by atoms with Gasteiger partial charge in [-0.15, -0.1) is 0 Å². The van der Waals surface area contributed by atoms with Gasteiger partial charge in [0.25, 0.3) is 6.43 Å². The number of hydrogen-bond donors (Lipinski definition) is 2. The summed E-state index contributed by atoms with van der Waals surface area (Å²) in [6.07, 6.45) is 2.84. The lowest BCUT2D eigenvalue weighted by atomic mass is 9.93. The number of benzene rings is 2. The zero-order valence-corrected chi connectivity index (χ0v) is 17.6. The predicted molar refractivity (Wildman–Crippen MR) is 118 cm³/mol. The van der Waals surface area contributed by atoms with Gasteiger partial charge in [0.2, 0.25) is 0 Å². The lowest BCUT2D eigenvalue weighted by Gasteiger charge is -2.37. The van der Waals surface area contributed by atoms with Gasteiger partial charge in [-0.05, 0) is 53.5 Å². The van der Waals surface area contributed by atoms with Crippen molar-refractivity contribution in [1.82, 2.24) is 10.2 Å². The van der Waals surface area contributed by atoms with Gasteiger partial charge in [-0.25, -0.2) is 8.78 Å². The van der Waals surface area contributed by atoms with Crippen LogP contribution in [0.2, 0.25) is 0 Å². The minimum absolute atomic E-state index is 0.00880. The maximum atomic E-state index is 12.6. The summed E-state index contributed by atoms with van der Waals surface area (Å²) in [4.78, 5) is 13.0. The van der Waals surface area contributed by atoms with Crippen molar-refractivity contribution in [3.63, 3.8) is 0 Å². The number of carboxylic acid groups (broad SMARTS) is 1. The molecule has 2 aromatic carbocycles. The predicted octanol–water partition coefficient (Wildman–Crippen LogP) is 4.62. The molecule has 1 atom stereocenters. The van der Waals surface area contributed by atoms with Crippen LogP contribution in [0.5, 0.6) is 5.75 Å². The van der Waals surface area contributed by atoms with E-state index in [4.69, 9.17) is 9.84 Å². The number of piperidine rings is 1. The first-order valence-corrected chi connectivity index (χ1v) is 10.7. The van der Waals surface area contributed by atoms with E-state index in [0.717, 1.165) is 36.3 Å². The van der Waals surface area contributed by atoms with E-state index in [0.29, 0.717) is 18.9 Å². The number of nitrogens with zero attached hydrogens (tertiary/aromatic N) is 1. The highest BCUT2D eigenvalue weighted by Gasteiger charge is 2.26. The first-order chi connectivity index (χ1) is 15.5. The topological polar surface area (TPSA) is 61.8 Å². The number of carboxylic acids is 1. The lowest BCUT2D eigenvalue weighted by Crippen LogP contribution is -2.45. The highest BCUT2D eigenvalue weighted by atomic mass is 19.3. The van der Waals surface area contributed by atoms with Crippen molar-refractivity contribution in [3.8, 4) is 5.75 Å². The number of likely N-dealkylation sites (tertiary alicyclic amines) is 1. The summed E-state index contributed by atoms with van der Waals surface area (Å²) in [5.74, 6) is -0.0480. The molecule has 5 nitrogen and oxygen atoms in total. The van der Waals surface area contributed by atoms with E-state index >= 15 is 0 Å². The Morgan fingerprint density at radius 3 is 2.56 bits per heavy atom. The number of allylic oxidation sites excluding steroid dienone is 2. The first kappa shape index (κ1) is 22.0. The highest BCUT2D eigenvalue weighted by Crippen LogP contribution is 2.26. The van der Waals surface area contributed by atoms with Crippen molar-refractivity contribution in [2.24, 2.45) is 0 Å². The van der Waals surface area contributed by atoms with Crippen LogP contribution < -0.4 is 10.1 Å². The second-order valence-electron chi connectivity index (χ2n) is 8.08. The molecule has 0 amide bonds. The summed E-state index contributed by atoms with van der Waals surface area (Å²) in [5.41, 5.74) is 4.23. The van der Waals surface area contributed by atoms with Gasteiger partial charge in [-0.1, -0.05) is 30.3 Å². The number of halogens is 2. The molecule has 32 heavy (non-hydrogen) atoms. The SMILES string of the molecule is O=C(O)CCN1CCC2NC(c3ccc(OCc4ccc(C(F)F)cc4)cc3)=CC=C2C1. The van der Waals surface area contributed by atoms with Gasteiger partial charge < -0.3 is 15.2 Å². The summed E-state index contributed by atoms with van der Waals surface area (Å²) < 4.78 is 31.1. The maximum Gasteiger partial charge on any atom is 0.304 e. The monoisotopic (exact) mass is 440 g/mol. The number of fused-ring (bicyclic) bond motifs is 1. The molecule has 2 aliphatic heterocycles. The Kier molecular flexibility index (Phi) is 6.85. The summed E-state index contributed by atoms with van der Waals surface area (Å²) >= 11 is 0. The van der Waals surface area contributed by atoms with Crippen LogP contribution in [-0.4, -0.2) is 41.7 Å². The van der Waals surface area contributed by atoms with Crippen molar-refractivity contribution in [3.05, 3.63) is 82.9 Å². The zero-order valence-electron chi connectivity index (χ0n) is 17.6. The molecular formula is C25H26F2N2O3. The fourth-order valence-electron chi connectivity index (χ4n) is 3.99. The molecule has 2 aromatic rings. The molecule has 7 heteroatoms. The number of carbonyl (C=O) groups is 1. The van der Waals surface area contributed by atoms with E-state index in [1.807, 2.05) is 24.3 Å². The van der Waals surface area contributed by atoms with Crippen molar-refractivity contribution in [2.75, 3.05) is 19.6 Å². The number of aliphatic carboxylic acids is 1. The smallest absolute Gasteiger partial charge is 0.304 e. The second-order valence-corrected chi connectivity index (χ2v) is 8.08. The van der Waals surface area contributed by atoms with Crippen LogP contribution in [0.25, 0.3) is 5.70 Å². The highest BCUT2D eigenvalue weighted by molar-refractivity contribution is 5.69. The Balaban J connectivity index is 1.33. The van der Waals surface area contributed by atoms with E-state index in [9.17, 15) is 13.6 Å². The van der Waals surface area contributed by atoms with Crippen LogP contribution in [0.15, 0.2) is 66.3 Å².